The number of thioether (sulfide) groups is 1. The molecule has 0 unspecified atom stereocenters. The van der Waals surface area contributed by atoms with Gasteiger partial charge < -0.3 is 21.0 Å². The van der Waals surface area contributed by atoms with Gasteiger partial charge in [0.05, 0.1) is 4.88 Å². The molecule has 0 bridgehead atoms. The standard InChI is InChI=1S/C21H21ClN6O5S3/c1-33-26-13(12-16(22)36-21(23)25-12)17(29)24-14-18(30)28-15(20(31)32)9(7-34-19(14)28)6-27-8-35-11-5-3-2-4-10(11)27/h8,14,19H,2-7H2,1H3,(H3-,23,24,25,29,31,32)/p+1/b26-13-/t14-,19-/m1/s1. The monoisotopic (exact) mass is 569 g/mol. The molecule has 2 amide bonds. The van der Waals surface area contributed by atoms with Gasteiger partial charge in [-0.05, 0) is 19.3 Å². The van der Waals surface area contributed by atoms with Crippen LogP contribution in [-0.4, -0.2) is 62.8 Å². The average molecular weight is 570 g/mol. The van der Waals surface area contributed by atoms with Gasteiger partial charge in [0.15, 0.2) is 23.1 Å². The molecule has 36 heavy (non-hydrogen) atoms. The lowest BCUT2D eigenvalue weighted by molar-refractivity contribution is -0.692. The molecule has 1 aliphatic carbocycles. The normalized spacial score (nSPS) is 21.6. The highest BCUT2D eigenvalue weighted by molar-refractivity contribution is 8.00. The van der Waals surface area contributed by atoms with E-state index in [4.69, 9.17) is 22.2 Å². The molecule has 11 nitrogen and oxygen atoms in total. The number of β-lactam (4-membered cyclic amide) rings is 1. The van der Waals surface area contributed by atoms with Crippen molar-refractivity contribution in [2.24, 2.45) is 5.16 Å². The zero-order valence-corrected chi connectivity index (χ0v) is 22.2. The Morgan fingerprint density at radius 2 is 2.19 bits per heavy atom. The van der Waals surface area contributed by atoms with Gasteiger partial charge in [0.2, 0.25) is 5.51 Å². The predicted molar refractivity (Wildman–Crippen MR) is 136 cm³/mol. The molecule has 2 aromatic heterocycles. The lowest BCUT2D eigenvalue weighted by Crippen LogP contribution is -2.71. The number of rotatable bonds is 7. The minimum absolute atomic E-state index is 0.0152. The van der Waals surface area contributed by atoms with Crippen LogP contribution < -0.4 is 15.6 Å². The Morgan fingerprint density at radius 1 is 1.42 bits per heavy atom. The van der Waals surface area contributed by atoms with Gasteiger partial charge in [-0.3, -0.25) is 14.5 Å². The van der Waals surface area contributed by atoms with Gasteiger partial charge in [0.1, 0.15) is 34.3 Å². The minimum Gasteiger partial charge on any atom is -0.477 e. The van der Waals surface area contributed by atoms with Crippen molar-refractivity contribution < 1.29 is 28.9 Å². The summed E-state index contributed by atoms with van der Waals surface area (Å²) in [5, 5.41) is 15.9. The Kier molecular flexibility index (Phi) is 6.94. The number of amides is 2. The Balaban J connectivity index is 1.36. The van der Waals surface area contributed by atoms with Gasteiger partial charge in [-0.2, -0.15) is 4.57 Å². The highest BCUT2D eigenvalue weighted by Crippen LogP contribution is 2.40. The minimum atomic E-state index is -1.16. The van der Waals surface area contributed by atoms with Crippen molar-refractivity contribution in [1.29, 1.82) is 0 Å². The molecule has 2 aliphatic heterocycles. The van der Waals surface area contributed by atoms with Crippen LogP contribution in [0.2, 0.25) is 4.34 Å². The van der Waals surface area contributed by atoms with E-state index in [1.54, 1.807) is 11.3 Å². The number of carbonyl (C=O) groups is 3. The SMILES string of the molecule is CO/N=C(\C(=O)N[C@@H]1C(=O)N2C(C(=O)O)=C(C[n+]3csc4c3CCCC4)CS[C@H]12)c1nc(N)sc1Cl. The zero-order valence-electron chi connectivity index (χ0n) is 19.0. The van der Waals surface area contributed by atoms with E-state index in [0.29, 0.717) is 17.9 Å². The smallest absolute Gasteiger partial charge is 0.352 e. The third kappa shape index (κ3) is 4.35. The van der Waals surface area contributed by atoms with E-state index in [2.05, 4.69) is 20.0 Å². The number of carboxylic acid groups (broad SMARTS) is 1. The lowest BCUT2D eigenvalue weighted by Gasteiger charge is -2.49. The van der Waals surface area contributed by atoms with Gasteiger partial charge >= 0.3 is 5.97 Å². The van der Waals surface area contributed by atoms with Crippen LogP contribution >= 0.6 is 46.0 Å². The van der Waals surface area contributed by atoms with Gasteiger partial charge in [-0.15, -0.1) is 11.8 Å². The number of halogens is 1. The maximum atomic E-state index is 13.1. The Labute approximate surface area is 223 Å². The van der Waals surface area contributed by atoms with E-state index in [9.17, 15) is 19.5 Å². The van der Waals surface area contributed by atoms with E-state index in [1.165, 1.54) is 40.8 Å². The molecule has 15 heteroatoms. The first-order valence-electron chi connectivity index (χ1n) is 11.0. The third-order valence-corrected chi connectivity index (χ3v) is 9.69. The number of nitrogens with zero attached hydrogens (tertiary/aromatic N) is 4. The Morgan fingerprint density at radius 3 is 2.89 bits per heavy atom. The third-order valence-electron chi connectivity index (χ3n) is 6.18. The molecule has 5 rings (SSSR count). The number of thiazole rings is 2. The molecule has 2 aromatic rings. The summed E-state index contributed by atoms with van der Waals surface area (Å²) < 4.78 is 2.26. The number of anilines is 1. The van der Waals surface area contributed by atoms with E-state index >= 15 is 0 Å². The van der Waals surface area contributed by atoms with Crippen LogP contribution in [0.25, 0.3) is 0 Å². The fraction of sp³-hybridized carbons (Fsp3) is 0.429. The van der Waals surface area contributed by atoms with Crippen molar-refractivity contribution in [3.05, 3.63) is 37.4 Å². The van der Waals surface area contributed by atoms with Gasteiger partial charge in [0, 0.05) is 17.7 Å². The second-order valence-electron chi connectivity index (χ2n) is 8.34. The number of oxime groups is 1. The second kappa shape index (κ2) is 10.00. The molecule has 190 valence electrons. The molecule has 1 saturated heterocycles. The number of fused-ring (bicyclic) bond motifs is 2. The number of aryl methyl sites for hydroxylation is 1. The average Bonchev–Trinajstić information content (AvgIpc) is 3.42. The van der Waals surface area contributed by atoms with E-state index in [1.807, 2.05) is 5.51 Å². The number of aliphatic carboxylic acids is 1. The number of nitrogens with one attached hydrogen (secondary N) is 1. The Bertz CT molecular complexity index is 1320. The molecule has 0 spiro atoms. The molecule has 2 atom stereocenters. The number of carboxylic acids is 1. The van der Waals surface area contributed by atoms with Gasteiger partial charge in [-0.1, -0.05) is 39.4 Å². The topological polar surface area (TPSA) is 151 Å². The van der Waals surface area contributed by atoms with Crippen LogP contribution in [0.15, 0.2) is 21.9 Å². The van der Waals surface area contributed by atoms with Crippen molar-refractivity contribution >= 4 is 74.7 Å². The number of aromatic nitrogens is 2. The highest BCUT2D eigenvalue weighted by atomic mass is 35.5. The summed E-state index contributed by atoms with van der Waals surface area (Å²) in [6.45, 7) is 0.419. The molecular formula is C21H22ClN6O5S3+. The Hall–Kier alpha value is -2.68. The van der Waals surface area contributed by atoms with Gasteiger partial charge in [-0.25, -0.2) is 9.78 Å². The van der Waals surface area contributed by atoms with Crippen molar-refractivity contribution in [1.82, 2.24) is 15.2 Å². The van der Waals surface area contributed by atoms with Crippen LogP contribution in [0.5, 0.6) is 0 Å². The fourth-order valence-electron chi connectivity index (χ4n) is 4.58. The molecule has 0 saturated carbocycles. The quantitative estimate of drug-likeness (QED) is 0.196. The first-order chi connectivity index (χ1) is 17.3. The molecule has 1 fully saturated rings. The number of carbonyl (C=O) groups excluding carboxylic acids is 2. The van der Waals surface area contributed by atoms with Crippen LogP contribution in [0.3, 0.4) is 0 Å². The van der Waals surface area contributed by atoms with E-state index in [-0.39, 0.29) is 26.6 Å². The summed E-state index contributed by atoms with van der Waals surface area (Å²) in [6.07, 6.45) is 4.31. The summed E-state index contributed by atoms with van der Waals surface area (Å²) in [7, 11) is 1.26. The maximum absolute atomic E-state index is 13.1. The molecule has 4 N–H and O–H groups in total. The first kappa shape index (κ1) is 25.0. The van der Waals surface area contributed by atoms with Crippen LogP contribution in [-0.2, 0) is 38.6 Å². The van der Waals surface area contributed by atoms with Crippen molar-refractivity contribution in [3.8, 4) is 0 Å². The summed E-state index contributed by atoms with van der Waals surface area (Å²) in [4.78, 5) is 49.7. The largest absolute Gasteiger partial charge is 0.477 e. The van der Waals surface area contributed by atoms with Crippen molar-refractivity contribution in [3.63, 3.8) is 0 Å². The molecule has 3 aliphatic rings. The van der Waals surface area contributed by atoms with Crippen LogP contribution in [0.1, 0.15) is 29.1 Å². The zero-order chi connectivity index (χ0) is 25.6. The van der Waals surface area contributed by atoms with E-state index in [0.717, 1.165) is 30.6 Å². The summed E-state index contributed by atoms with van der Waals surface area (Å²) >= 11 is 10.2. The molecule has 4 heterocycles. The van der Waals surface area contributed by atoms with Crippen LogP contribution in [0, 0.1) is 0 Å². The van der Waals surface area contributed by atoms with Crippen molar-refractivity contribution in [2.75, 3.05) is 18.6 Å². The summed E-state index contributed by atoms with van der Waals surface area (Å²) in [5.74, 6) is -1.97. The number of hydrogen-bond donors (Lipinski definition) is 3. The molecule has 0 aromatic carbocycles. The molecular weight excluding hydrogens is 548 g/mol. The first-order valence-corrected chi connectivity index (χ1v) is 14.1. The lowest BCUT2D eigenvalue weighted by atomic mass is 10.0. The second-order valence-corrected chi connectivity index (χ2v) is 12.0. The number of hydrogen-bond acceptors (Lipinski definition) is 10. The highest BCUT2D eigenvalue weighted by Gasteiger charge is 2.55. The summed E-state index contributed by atoms with van der Waals surface area (Å²) in [5.41, 5.74) is 9.43. The van der Waals surface area contributed by atoms with E-state index < -0.39 is 29.2 Å². The predicted octanol–water partition coefficient (Wildman–Crippen LogP) is 1.40. The number of nitrogens with two attached hydrogens (primary N) is 1. The molecule has 0 radical (unpaired) electrons. The van der Waals surface area contributed by atoms with Crippen LogP contribution in [0.4, 0.5) is 5.13 Å². The van der Waals surface area contributed by atoms with Crippen molar-refractivity contribution in [2.45, 2.75) is 43.6 Å². The van der Waals surface area contributed by atoms with Gasteiger partial charge in [0.25, 0.3) is 11.8 Å². The maximum Gasteiger partial charge on any atom is 0.352 e. The number of nitrogen functional groups attached to an aromatic ring is 1. The fourth-order valence-corrected chi connectivity index (χ4v) is 7.92. The summed E-state index contributed by atoms with van der Waals surface area (Å²) in [6, 6.07) is -0.934.